The summed E-state index contributed by atoms with van der Waals surface area (Å²) in [6.07, 6.45) is 2.01. The second-order valence-corrected chi connectivity index (χ2v) is 12.8. The van der Waals surface area contributed by atoms with Crippen LogP contribution in [-0.2, 0) is 26.2 Å². The molecule has 0 aromatic heterocycles. The number of benzene rings is 3. The molecule has 0 heterocycles. The third kappa shape index (κ3) is 8.61. The molecule has 1 atom stereocenters. The largest absolute Gasteiger partial charge is 0.354 e. The highest BCUT2D eigenvalue weighted by Gasteiger charge is 2.33. The molecule has 0 aliphatic rings. The predicted octanol–water partition coefficient (Wildman–Crippen LogP) is 6.87. The van der Waals surface area contributed by atoms with E-state index in [1.54, 1.807) is 49.4 Å². The van der Waals surface area contributed by atoms with E-state index >= 15 is 0 Å². The number of rotatable bonds is 13. The normalized spacial score (nSPS) is 12.0. The van der Waals surface area contributed by atoms with Crippen LogP contribution in [0.1, 0.15) is 44.2 Å². The minimum absolute atomic E-state index is 0.0179. The van der Waals surface area contributed by atoms with E-state index in [0.717, 1.165) is 22.7 Å². The fourth-order valence-electron chi connectivity index (χ4n) is 4.23. The minimum atomic E-state index is -4.18. The van der Waals surface area contributed by atoms with Gasteiger partial charge in [0.1, 0.15) is 12.6 Å². The highest BCUT2D eigenvalue weighted by atomic mass is 35.5. The Hall–Kier alpha value is -2.78. The molecule has 0 aliphatic carbocycles. The van der Waals surface area contributed by atoms with Crippen LogP contribution in [-0.4, -0.2) is 44.3 Å². The molecular formula is C30H34Cl3N3O4S. The molecule has 11 heteroatoms. The average Bonchev–Trinajstić information content (AvgIpc) is 2.94. The maximum Gasteiger partial charge on any atom is 0.264 e. The molecule has 41 heavy (non-hydrogen) atoms. The maximum atomic E-state index is 14.1. The van der Waals surface area contributed by atoms with Gasteiger partial charge in [0.2, 0.25) is 11.8 Å². The van der Waals surface area contributed by atoms with E-state index in [-0.39, 0.29) is 17.3 Å². The highest BCUT2D eigenvalue weighted by molar-refractivity contribution is 7.92. The van der Waals surface area contributed by atoms with Crippen molar-refractivity contribution in [3.63, 3.8) is 0 Å². The number of aryl methyl sites for hydroxylation is 1. The summed E-state index contributed by atoms with van der Waals surface area (Å²) in [4.78, 5) is 28.7. The van der Waals surface area contributed by atoms with Gasteiger partial charge in [-0.3, -0.25) is 13.9 Å². The molecule has 0 aliphatic heterocycles. The van der Waals surface area contributed by atoms with Crippen LogP contribution in [0.4, 0.5) is 5.69 Å². The second kappa shape index (κ2) is 14.9. The van der Waals surface area contributed by atoms with E-state index in [1.165, 1.54) is 29.2 Å². The van der Waals surface area contributed by atoms with Gasteiger partial charge >= 0.3 is 0 Å². The van der Waals surface area contributed by atoms with Gasteiger partial charge in [0.25, 0.3) is 10.0 Å². The van der Waals surface area contributed by atoms with Gasteiger partial charge in [-0.25, -0.2) is 8.42 Å². The van der Waals surface area contributed by atoms with Crippen LogP contribution in [0, 0.1) is 6.92 Å². The number of carbonyl (C=O) groups is 2. The van der Waals surface area contributed by atoms with Gasteiger partial charge in [0.15, 0.2) is 0 Å². The Kier molecular flexibility index (Phi) is 11.9. The molecule has 0 saturated heterocycles. The zero-order valence-corrected chi connectivity index (χ0v) is 26.3. The first-order valence-electron chi connectivity index (χ1n) is 13.3. The van der Waals surface area contributed by atoms with Gasteiger partial charge in [-0.1, -0.05) is 78.8 Å². The van der Waals surface area contributed by atoms with Gasteiger partial charge in [-0.15, -0.1) is 0 Å². The van der Waals surface area contributed by atoms with Crippen LogP contribution in [0.3, 0.4) is 0 Å². The van der Waals surface area contributed by atoms with Gasteiger partial charge in [-0.05, 0) is 73.9 Å². The molecular weight excluding hydrogens is 605 g/mol. The molecule has 0 fully saturated rings. The number of amides is 2. The van der Waals surface area contributed by atoms with E-state index in [4.69, 9.17) is 34.8 Å². The zero-order chi connectivity index (χ0) is 30.2. The summed E-state index contributed by atoms with van der Waals surface area (Å²) < 4.78 is 28.8. The van der Waals surface area contributed by atoms with Crippen molar-refractivity contribution in [3.8, 4) is 0 Å². The topological polar surface area (TPSA) is 86.8 Å². The molecule has 3 aromatic carbocycles. The molecule has 0 spiro atoms. The lowest BCUT2D eigenvalue weighted by Crippen LogP contribution is -2.52. The summed E-state index contributed by atoms with van der Waals surface area (Å²) in [5, 5.41) is 3.96. The summed E-state index contributed by atoms with van der Waals surface area (Å²) in [7, 11) is -4.18. The third-order valence-electron chi connectivity index (χ3n) is 6.55. The minimum Gasteiger partial charge on any atom is -0.354 e. The van der Waals surface area contributed by atoms with Crippen molar-refractivity contribution < 1.29 is 18.0 Å². The number of unbranched alkanes of at least 4 members (excludes halogenated alkanes) is 1. The van der Waals surface area contributed by atoms with Crippen molar-refractivity contribution in [3.05, 3.63) is 92.9 Å². The fourth-order valence-corrected chi connectivity index (χ4v) is 6.09. The Balaban J connectivity index is 2.04. The van der Waals surface area contributed by atoms with Gasteiger partial charge in [0.05, 0.1) is 20.6 Å². The van der Waals surface area contributed by atoms with E-state index in [1.807, 2.05) is 13.8 Å². The lowest BCUT2D eigenvalue weighted by atomic mass is 10.1. The number of nitrogens with one attached hydrogen (secondary N) is 1. The van der Waals surface area contributed by atoms with E-state index in [2.05, 4.69) is 5.32 Å². The molecule has 1 unspecified atom stereocenters. The Labute approximate surface area is 257 Å². The number of halogens is 3. The summed E-state index contributed by atoms with van der Waals surface area (Å²) in [5.74, 6) is -0.858. The van der Waals surface area contributed by atoms with Crippen LogP contribution < -0.4 is 9.62 Å². The predicted molar refractivity (Wildman–Crippen MR) is 166 cm³/mol. The van der Waals surface area contributed by atoms with Gasteiger partial charge in [-0.2, -0.15) is 0 Å². The molecule has 3 rings (SSSR count). The second-order valence-electron chi connectivity index (χ2n) is 9.64. The monoisotopic (exact) mass is 637 g/mol. The summed E-state index contributed by atoms with van der Waals surface area (Å²) in [6.45, 7) is 5.67. The first-order valence-corrected chi connectivity index (χ1v) is 15.9. The first-order chi connectivity index (χ1) is 19.5. The fraction of sp³-hybridized carbons (Fsp3) is 0.333. The molecule has 0 radical (unpaired) electrons. The number of carbonyl (C=O) groups excluding carboxylic acids is 2. The molecule has 0 bridgehead atoms. The van der Waals surface area contributed by atoms with Crippen molar-refractivity contribution in [1.82, 2.24) is 10.2 Å². The SMILES string of the molecule is CCCCNC(=O)C(CC)N(Cc1ccc(Cl)c(Cl)c1)C(=O)CN(c1ccc(C)cc1)S(=O)(=O)c1ccc(Cl)cc1. The molecule has 2 amide bonds. The van der Waals surface area contributed by atoms with Crippen molar-refractivity contribution in [1.29, 1.82) is 0 Å². The molecule has 0 saturated carbocycles. The van der Waals surface area contributed by atoms with Crippen molar-refractivity contribution >= 4 is 62.3 Å². The molecule has 1 N–H and O–H groups in total. The number of hydrogen-bond donors (Lipinski definition) is 1. The third-order valence-corrected chi connectivity index (χ3v) is 9.33. The maximum absolute atomic E-state index is 14.1. The van der Waals surface area contributed by atoms with Gasteiger partial charge < -0.3 is 10.2 Å². The Bertz CT molecular complexity index is 1450. The number of hydrogen-bond acceptors (Lipinski definition) is 4. The quantitative estimate of drug-likeness (QED) is 0.207. The zero-order valence-electron chi connectivity index (χ0n) is 23.2. The van der Waals surface area contributed by atoms with Gasteiger partial charge in [0, 0.05) is 18.1 Å². The van der Waals surface area contributed by atoms with Crippen molar-refractivity contribution in [2.45, 2.75) is 57.5 Å². The van der Waals surface area contributed by atoms with Crippen LogP contribution in [0.25, 0.3) is 0 Å². The van der Waals surface area contributed by atoms with E-state index in [9.17, 15) is 18.0 Å². The van der Waals surface area contributed by atoms with E-state index < -0.39 is 28.5 Å². The van der Waals surface area contributed by atoms with Crippen molar-refractivity contribution in [2.24, 2.45) is 0 Å². The summed E-state index contributed by atoms with van der Waals surface area (Å²) >= 11 is 18.3. The lowest BCUT2D eigenvalue weighted by molar-refractivity contribution is -0.140. The van der Waals surface area contributed by atoms with Crippen molar-refractivity contribution in [2.75, 3.05) is 17.4 Å². The number of nitrogens with zero attached hydrogens (tertiary/aromatic N) is 2. The first kappa shape index (κ1) is 32.7. The number of sulfonamides is 1. The summed E-state index contributed by atoms with van der Waals surface area (Å²) in [5.41, 5.74) is 1.89. The number of anilines is 1. The van der Waals surface area contributed by atoms with E-state index in [0.29, 0.717) is 39.3 Å². The highest BCUT2D eigenvalue weighted by Crippen LogP contribution is 2.27. The van der Waals surface area contributed by atoms with Crippen LogP contribution >= 0.6 is 34.8 Å². The summed E-state index contributed by atoms with van der Waals surface area (Å²) in [6, 6.07) is 16.7. The average molecular weight is 639 g/mol. The smallest absolute Gasteiger partial charge is 0.264 e. The van der Waals surface area contributed by atoms with Crippen LogP contribution in [0.2, 0.25) is 15.1 Å². The molecule has 3 aromatic rings. The Morgan fingerprint density at radius 2 is 1.56 bits per heavy atom. The lowest BCUT2D eigenvalue weighted by Gasteiger charge is -2.33. The standard InChI is InChI=1S/C30H34Cl3N3O4S/c1-4-6-17-34-30(38)28(5-2)35(19-22-9-16-26(32)27(33)18-22)29(37)20-36(24-12-7-21(3)8-13-24)41(39,40)25-14-10-23(31)11-15-25/h7-16,18,28H,4-6,17,19-20H2,1-3H3,(H,34,38). The molecule has 7 nitrogen and oxygen atoms in total. The Morgan fingerprint density at radius 1 is 0.902 bits per heavy atom. The Morgan fingerprint density at radius 3 is 2.15 bits per heavy atom. The van der Waals surface area contributed by atoms with Crippen LogP contribution in [0.15, 0.2) is 71.6 Å². The molecule has 220 valence electrons. The van der Waals surface area contributed by atoms with Crippen LogP contribution in [0.5, 0.6) is 0 Å².